The standard InChI is InChI=1S/C23H29ClFN3O3S2/c1-14-4-8-17(9-5-14)28(11-10-15-6-7-16(24)12-18(15)25)22(31)27-21-26-13-19(32-21)33-23(2,3)20(29)30/h6-7,12-14,17H,4-5,8-11H2,1-3H3,(H,29,30)(H,26,27,31). The number of aromatic nitrogens is 1. The van der Waals surface area contributed by atoms with Gasteiger partial charge in [0.05, 0.1) is 10.4 Å². The number of urea groups is 1. The molecule has 0 unspecified atom stereocenters. The number of benzene rings is 1. The van der Waals surface area contributed by atoms with E-state index in [4.69, 9.17) is 11.6 Å². The largest absolute Gasteiger partial charge is 0.480 e. The molecule has 2 amide bonds. The van der Waals surface area contributed by atoms with Crippen LogP contribution in [0.3, 0.4) is 0 Å². The average molecular weight is 514 g/mol. The van der Waals surface area contributed by atoms with E-state index in [1.54, 1.807) is 37.1 Å². The topological polar surface area (TPSA) is 82.5 Å². The summed E-state index contributed by atoms with van der Waals surface area (Å²) in [5.74, 6) is -0.655. The molecule has 0 bridgehead atoms. The van der Waals surface area contributed by atoms with Crippen molar-refractivity contribution in [2.75, 3.05) is 11.9 Å². The SMILES string of the molecule is CC1CCC(N(CCc2ccc(Cl)cc2F)C(=O)Nc2ncc(SC(C)(C)C(=O)O)s2)CC1. The van der Waals surface area contributed by atoms with Gasteiger partial charge in [-0.3, -0.25) is 10.1 Å². The van der Waals surface area contributed by atoms with Crippen molar-refractivity contribution >= 4 is 51.8 Å². The molecule has 6 nitrogen and oxygen atoms in total. The lowest BCUT2D eigenvalue weighted by atomic mass is 9.86. The Kier molecular flexibility index (Phi) is 8.64. The highest BCUT2D eigenvalue weighted by atomic mass is 35.5. The van der Waals surface area contributed by atoms with Gasteiger partial charge in [-0.2, -0.15) is 0 Å². The Bertz CT molecular complexity index is 993. The number of carbonyl (C=O) groups excluding carboxylic acids is 1. The molecule has 0 spiro atoms. The summed E-state index contributed by atoms with van der Waals surface area (Å²) >= 11 is 8.29. The summed E-state index contributed by atoms with van der Waals surface area (Å²) in [5.41, 5.74) is 0.519. The first kappa shape index (κ1) is 25.8. The number of hydrogen-bond donors (Lipinski definition) is 2. The minimum Gasteiger partial charge on any atom is -0.480 e. The second kappa shape index (κ2) is 11.1. The lowest BCUT2D eigenvalue weighted by molar-refractivity contribution is -0.138. The van der Waals surface area contributed by atoms with Crippen molar-refractivity contribution in [2.45, 2.75) is 67.9 Å². The third kappa shape index (κ3) is 7.07. The molecule has 180 valence electrons. The summed E-state index contributed by atoms with van der Waals surface area (Å²) in [7, 11) is 0. The van der Waals surface area contributed by atoms with E-state index in [0.29, 0.717) is 38.8 Å². The van der Waals surface area contributed by atoms with E-state index < -0.39 is 10.7 Å². The van der Waals surface area contributed by atoms with Gasteiger partial charge in [-0.1, -0.05) is 47.7 Å². The number of rotatable bonds is 8. The molecule has 1 fully saturated rings. The number of carbonyl (C=O) groups is 2. The number of amides is 2. The van der Waals surface area contributed by atoms with Gasteiger partial charge < -0.3 is 10.0 Å². The van der Waals surface area contributed by atoms with E-state index in [0.717, 1.165) is 25.7 Å². The Morgan fingerprint density at radius 3 is 2.67 bits per heavy atom. The fourth-order valence-electron chi connectivity index (χ4n) is 3.79. The molecule has 1 aliphatic carbocycles. The monoisotopic (exact) mass is 513 g/mol. The van der Waals surface area contributed by atoms with Gasteiger partial charge in [-0.15, -0.1) is 0 Å². The average Bonchev–Trinajstić information content (AvgIpc) is 3.16. The van der Waals surface area contributed by atoms with E-state index in [-0.39, 0.29) is 17.9 Å². The third-order valence-electron chi connectivity index (χ3n) is 5.89. The minimum absolute atomic E-state index is 0.0799. The molecule has 3 rings (SSSR count). The maximum absolute atomic E-state index is 14.3. The fourth-order valence-corrected chi connectivity index (χ4v) is 6.21. The summed E-state index contributed by atoms with van der Waals surface area (Å²) in [4.78, 5) is 30.6. The summed E-state index contributed by atoms with van der Waals surface area (Å²) in [6.07, 6.45) is 5.87. The number of aliphatic carboxylic acids is 1. The molecule has 10 heteroatoms. The molecule has 2 aromatic rings. The van der Waals surface area contributed by atoms with Crippen LogP contribution in [0.15, 0.2) is 28.6 Å². The van der Waals surface area contributed by atoms with Crippen molar-refractivity contribution in [2.24, 2.45) is 5.92 Å². The van der Waals surface area contributed by atoms with E-state index in [1.807, 2.05) is 0 Å². The van der Waals surface area contributed by atoms with Crippen LogP contribution in [0.25, 0.3) is 0 Å². The van der Waals surface area contributed by atoms with Gasteiger partial charge in [0.2, 0.25) is 0 Å². The van der Waals surface area contributed by atoms with Crippen molar-refractivity contribution in [1.82, 2.24) is 9.88 Å². The summed E-state index contributed by atoms with van der Waals surface area (Å²) in [6, 6.07) is 4.41. The van der Waals surface area contributed by atoms with Gasteiger partial charge in [-0.25, -0.2) is 14.2 Å². The smallest absolute Gasteiger partial charge is 0.323 e. The molecule has 0 aliphatic heterocycles. The van der Waals surface area contributed by atoms with Crippen LogP contribution < -0.4 is 5.32 Å². The van der Waals surface area contributed by atoms with Crippen LogP contribution in [-0.2, 0) is 11.2 Å². The quantitative estimate of drug-likeness (QED) is 0.391. The number of thioether (sulfide) groups is 1. The molecule has 33 heavy (non-hydrogen) atoms. The highest BCUT2D eigenvalue weighted by molar-refractivity contribution is 8.03. The molecule has 0 saturated heterocycles. The van der Waals surface area contributed by atoms with Gasteiger partial charge in [0.15, 0.2) is 5.13 Å². The van der Waals surface area contributed by atoms with Gasteiger partial charge >= 0.3 is 12.0 Å². The molecule has 1 heterocycles. The number of nitrogens with zero attached hydrogens (tertiary/aromatic N) is 2. The molecule has 1 saturated carbocycles. The highest BCUT2D eigenvalue weighted by Crippen LogP contribution is 2.37. The van der Waals surface area contributed by atoms with Gasteiger partial charge in [-0.05, 0) is 69.6 Å². The van der Waals surface area contributed by atoms with Gasteiger partial charge in [0, 0.05) is 17.6 Å². The van der Waals surface area contributed by atoms with Crippen LogP contribution in [0.2, 0.25) is 5.02 Å². The van der Waals surface area contributed by atoms with Crippen LogP contribution in [0, 0.1) is 11.7 Å². The van der Waals surface area contributed by atoms with Crippen molar-refractivity contribution in [1.29, 1.82) is 0 Å². The minimum atomic E-state index is -0.999. The maximum atomic E-state index is 14.3. The first-order chi connectivity index (χ1) is 15.5. The van der Waals surface area contributed by atoms with Crippen molar-refractivity contribution in [3.63, 3.8) is 0 Å². The first-order valence-corrected chi connectivity index (χ1v) is 13.0. The number of thiazole rings is 1. The first-order valence-electron chi connectivity index (χ1n) is 10.9. The van der Waals surface area contributed by atoms with Gasteiger partial charge in [0.25, 0.3) is 0 Å². The number of halogens is 2. The van der Waals surface area contributed by atoms with Crippen molar-refractivity contribution in [3.8, 4) is 0 Å². The number of carboxylic acid groups (broad SMARTS) is 1. The number of carboxylic acids is 1. The molecule has 1 aromatic heterocycles. The van der Waals surface area contributed by atoms with Crippen LogP contribution in [0.4, 0.5) is 14.3 Å². The Balaban J connectivity index is 1.70. The summed E-state index contributed by atoms with van der Waals surface area (Å²) in [6.45, 7) is 5.85. The Morgan fingerprint density at radius 2 is 2.03 bits per heavy atom. The second-order valence-electron chi connectivity index (χ2n) is 8.92. The Morgan fingerprint density at radius 1 is 1.33 bits per heavy atom. The lowest BCUT2D eigenvalue weighted by Crippen LogP contribution is -2.45. The summed E-state index contributed by atoms with van der Waals surface area (Å²) < 4.78 is 14.0. The predicted octanol–water partition coefficient (Wildman–Crippen LogP) is 6.55. The van der Waals surface area contributed by atoms with Gasteiger partial charge in [0.1, 0.15) is 10.6 Å². The Hall–Kier alpha value is -1.84. The van der Waals surface area contributed by atoms with E-state index >= 15 is 0 Å². The predicted molar refractivity (Wildman–Crippen MR) is 132 cm³/mol. The summed E-state index contributed by atoms with van der Waals surface area (Å²) in [5, 5.41) is 13.0. The maximum Gasteiger partial charge on any atom is 0.323 e. The fraction of sp³-hybridized carbons (Fsp3) is 0.522. The normalized spacial score (nSPS) is 18.7. The molecule has 0 radical (unpaired) electrons. The van der Waals surface area contributed by atoms with Crippen LogP contribution in [0.1, 0.15) is 52.0 Å². The Labute approximate surface area is 206 Å². The third-order valence-corrected chi connectivity index (χ3v) is 8.33. The van der Waals surface area contributed by atoms with E-state index in [1.165, 1.54) is 29.2 Å². The molecule has 0 atom stereocenters. The van der Waals surface area contributed by atoms with E-state index in [9.17, 15) is 19.1 Å². The van der Waals surface area contributed by atoms with Crippen LogP contribution in [-0.4, -0.2) is 44.3 Å². The number of anilines is 1. The zero-order valence-corrected chi connectivity index (χ0v) is 21.3. The highest BCUT2D eigenvalue weighted by Gasteiger charge is 2.31. The molecule has 2 N–H and O–H groups in total. The zero-order valence-electron chi connectivity index (χ0n) is 18.9. The number of nitrogens with one attached hydrogen (secondary N) is 1. The van der Waals surface area contributed by atoms with Crippen LogP contribution in [0.5, 0.6) is 0 Å². The molecular weight excluding hydrogens is 485 g/mol. The molecule has 1 aromatic carbocycles. The zero-order chi connectivity index (χ0) is 24.2. The lowest BCUT2D eigenvalue weighted by Gasteiger charge is -2.36. The molecular formula is C23H29ClFN3O3S2. The van der Waals surface area contributed by atoms with E-state index in [2.05, 4.69) is 17.2 Å². The second-order valence-corrected chi connectivity index (χ2v) is 12.3. The van der Waals surface area contributed by atoms with Crippen molar-refractivity contribution < 1.29 is 19.1 Å². The molecule has 1 aliphatic rings. The van der Waals surface area contributed by atoms with Crippen LogP contribution >= 0.6 is 34.7 Å². The van der Waals surface area contributed by atoms with Crippen molar-refractivity contribution in [3.05, 3.63) is 40.8 Å². The number of hydrogen-bond acceptors (Lipinski definition) is 5.